The van der Waals surface area contributed by atoms with Crippen molar-refractivity contribution >= 4 is 17.4 Å². The second kappa shape index (κ2) is 7.26. The number of para-hydroxylation sites is 1. The summed E-state index contributed by atoms with van der Waals surface area (Å²) in [5.74, 6) is -2.29. The zero-order valence-corrected chi connectivity index (χ0v) is 15.9. The Morgan fingerprint density at radius 1 is 1.03 bits per heavy atom. The predicted molar refractivity (Wildman–Crippen MR) is 108 cm³/mol. The molecule has 29 heavy (non-hydrogen) atoms. The Morgan fingerprint density at radius 3 is 2.45 bits per heavy atom. The van der Waals surface area contributed by atoms with Crippen molar-refractivity contribution < 1.29 is 19.1 Å². The van der Waals surface area contributed by atoms with Crippen LogP contribution in [0.4, 0.5) is 10.1 Å². The van der Waals surface area contributed by atoms with Crippen molar-refractivity contribution in [3.63, 3.8) is 0 Å². The van der Waals surface area contributed by atoms with Crippen molar-refractivity contribution in [3.05, 3.63) is 101 Å². The molecule has 0 bridgehead atoms. The van der Waals surface area contributed by atoms with E-state index in [1.807, 2.05) is 0 Å². The van der Waals surface area contributed by atoms with Crippen molar-refractivity contribution in [2.75, 3.05) is 4.90 Å². The fraction of sp³-hybridized carbons (Fsp3) is 0.167. The van der Waals surface area contributed by atoms with Crippen LogP contribution in [0.2, 0.25) is 0 Å². The molecule has 0 aromatic heterocycles. The van der Waals surface area contributed by atoms with Gasteiger partial charge in [-0.15, -0.1) is 0 Å². The molecule has 5 heteroatoms. The highest BCUT2D eigenvalue weighted by Crippen LogP contribution is 2.46. The maximum atomic E-state index is 13.6. The smallest absolute Gasteiger partial charge is 0.264 e. The highest BCUT2D eigenvalue weighted by Gasteiger charge is 2.55. The molecule has 1 N–H and O–H groups in total. The average molecular weight is 389 g/mol. The summed E-state index contributed by atoms with van der Waals surface area (Å²) in [7, 11) is 0. The molecule has 0 fully saturated rings. The Kier molecular flexibility index (Phi) is 4.76. The number of halogens is 1. The van der Waals surface area contributed by atoms with E-state index in [0.29, 0.717) is 22.4 Å². The number of hydrogen-bond acceptors (Lipinski definition) is 3. The van der Waals surface area contributed by atoms with Crippen LogP contribution in [-0.2, 0) is 16.9 Å². The van der Waals surface area contributed by atoms with Gasteiger partial charge in [0.1, 0.15) is 5.82 Å². The second-order valence-electron chi connectivity index (χ2n) is 7.26. The number of aliphatic hydroxyl groups is 1. The molecule has 146 valence electrons. The van der Waals surface area contributed by atoms with Gasteiger partial charge in [0.05, 0.1) is 18.2 Å². The first-order valence-electron chi connectivity index (χ1n) is 9.40. The number of ketones is 1. The fourth-order valence-corrected chi connectivity index (χ4v) is 3.90. The number of carbonyl (C=O) groups is 2. The molecular weight excluding hydrogens is 369 g/mol. The molecule has 3 aromatic rings. The molecule has 0 saturated carbocycles. The minimum atomic E-state index is -1.99. The first kappa shape index (κ1) is 19.0. The molecule has 0 saturated heterocycles. The van der Waals surface area contributed by atoms with E-state index in [0.717, 1.165) is 0 Å². The van der Waals surface area contributed by atoms with Crippen LogP contribution >= 0.6 is 0 Å². The molecule has 0 spiro atoms. The highest BCUT2D eigenvalue weighted by atomic mass is 19.1. The SMILES string of the molecule is C[C@@H](C(=O)c1ccccc1)[C@]1(O)C(=O)N(Cc2cccc(F)c2)c2ccccc21. The van der Waals surface area contributed by atoms with Crippen LogP contribution in [0.3, 0.4) is 0 Å². The Bertz CT molecular complexity index is 1080. The topological polar surface area (TPSA) is 57.6 Å². The normalized spacial score (nSPS) is 19.1. The Balaban J connectivity index is 1.74. The van der Waals surface area contributed by atoms with E-state index in [1.54, 1.807) is 73.7 Å². The largest absolute Gasteiger partial charge is 0.375 e. The number of hydrogen-bond donors (Lipinski definition) is 1. The summed E-state index contributed by atoms with van der Waals surface area (Å²) < 4.78 is 13.6. The summed E-state index contributed by atoms with van der Waals surface area (Å²) in [5, 5.41) is 11.5. The molecule has 1 amide bonds. The van der Waals surface area contributed by atoms with Gasteiger partial charge < -0.3 is 10.0 Å². The van der Waals surface area contributed by atoms with Gasteiger partial charge in [-0.05, 0) is 23.8 Å². The molecule has 2 atom stereocenters. The van der Waals surface area contributed by atoms with Crippen LogP contribution < -0.4 is 4.90 Å². The average Bonchev–Trinajstić information content (AvgIpc) is 2.96. The van der Waals surface area contributed by atoms with Gasteiger partial charge in [-0.25, -0.2) is 4.39 Å². The Hall–Kier alpha value is -3.31. The molecule has 3 aromatic carbocycles. The van der Waals surface area contributed by atoms with E-state index in [-0.39, 0.29) is 12.3 Å². The number of nitrogens with zero attached hydrogens (tertiary/aromatic N) is 1. The van der Waals surface area contributed by atoms with Crippen LogP contribution in [0.25, 0.3) is 0 Å². The molecule has 0 unspecified atom stereocenters. The van der Waals surface area contributed by atoms with Gasteiger partial charge in [0.25, 0.3) is 5.91 Å². The molecule has 4 rings (SSSR count). The summed E-state index contributed by atoms with van der Waals surface area (Å²) in [5.41, 5.74) is -0.0477. The number of benzene rings is 3. The summed E-state index contributed by atoms with van der Waals surface area (Å²) in [6, 6.07) is 21.5. The maximum Gasteiger partial charge on any atom is 0.264 e. The van der Waals surface area contributed by atoms with Gasteiger partial charge in [-0.3, -0.25) is 9.59 Å². The van der Waals surface area contributed by atoms with Gasteiger partial charge in [0.15, 0.2) is 11.4 Å². The third-order valence-electron chi connectivity index (χ3n) is 5.48. The van der Waals surface area contributed by atoms with Crippen molar-refractivity contribution in [1.29, 1.82) is 0 Å². The van der Waals surface area contributed by atoms with E-state index < -0.39 is 23.2 Å². The van der Waals surface area contributed by atoms with Crippen LogP contribution in [-0.4, -0.2) is 16.8 Å². The van der Waals surface area contributed by atoms with E-state index in [1.165, 1.54) is 17.0 Å². The number of anilines is 1. The van der Waals surface area contributed by atoms with Gasteiger partial charge in [0, 0.05) is 11.1 Å². The van der Waals surface area contributed by atoms with Crippen LogP contribution in [0, 0.1) is 11.7 Å². The van der Waals surface area contributed by atoms with Crippen LogP contribution in [0.5, 0.6) is 0 Å². The standard InChI is InChI=1S/C24H20FNO3/c1-16(22(27)18-9-3-2-4-10-18)24(29)20-12-5-6-13-21(20)26(23(24)28)15-17-8-7-11-19(25)14-17/h2-14,16,29H,15H2,1H3/t16-,24+/m0/s1. The van der Waals surface area contributed by atoms with Gasteiger partial charge in [-0.2, -0.15) is 0 Å². The molecule has 1 aliphatic heterocycles. The number of carbonyl (C=O) groups excluding carboxylic acids is 2. The molecule has 1 aliphatic rings. The lowest BCUT2D eigenvalue weighted by Crippen LogP contribution is -2.47. The van der Waals surface area contributed by atoms with E-state index in [9.17, 15) is 19.1 Å². The minimum Gasteiger partial charge on any atom is -0.375 e. The van der Waals surface area contributed by atoms with Crippen molar-refractivity contribution in [3.8, 4) is 0 Å². The summed E-state index contributed by atoms with van der Waals surface area (Å²) in [4.78, 5) is 27.8. The summed E-state index contributed by atoms with van der Waals surface area (Å²) >= 11 is 0. The number of Topliss-reactive ketones (excluding diaryl/α,β-unsaturated/α-hetero) is 1. The lowest BCUT2D eigenvalue weighted by Gasteiger charge is -2.28. The number of fused-ring (bicyclic) bond motifs is 1. The monoisotopic (exact) mass is 389 g/mol. The highest BCUT2D eigenvalue weighted by molar-refractivity contribution is 6.11. The molecule has 0 radical (unpaired) electrons. The summed E-state index contributed by atoms with van der Waals surface area (Å²) in [6.07, 6.45) is 0. The predicted octanol–water partition coefficient (Wildman–Crippen LogP) is 4.08. The van der Waals surface area contributed by atoms with E-state index in [4.69, 9.17) is 0 Å². The third-order valence-corrected chi connectivity index (χ3v) is 5.48. The van der Waals surface area contributed by atoms with Crippen molar-refractivity contribution in [1.82, 2.24) is 0 Å². The van der Waals surface area contributed by atoms with Crippen LogP contribution in [0.15, 0.2) is 78.9 Å². The van der Waals surface area contributed by atoms with E-state index in [2.05, 4.69) is 0 Å². The lowest BCUT2D eigenvalue weighted by molar-refractivity contribution is -0.139. The lowest BCUT2D eigenvalue weighted by atomic mass is 9.79. The zero-order chi connectivity index (χ0) is 20.6. The van der Waals surface area contributed by atoms with Gasteiger partial charge >= 0.3 is 0 Å². The zero-order valence-electron chi connectivity index (χ0n) is 15.9. The number of amides is 1. The Labute approximate surface area is 168 Å². The first-order chi connectivity index (χ1) is 13.9. The van der Waals surface area contributed by atoms with Gasteiger partial charge in [-0.1, -0.05) is 67.6 Å². The number of rotatable bonds is 5. The quantitative estimate of drug-likeness (QED) is 0.669. The molecule has 1 heterocycles. The van der Waals surface area contributed by atoms with Gasteiger partial charge in [0.2, 0.25) is 0 Å². The molecular formula is C24H20FNO3. The van der Waals surface area contributed by atoms with Crippen molar-refractivity contribution in [2.45, 2.75) is 19.1 Å². The third kappa shape index (κ3) is 3.13. The molecule has 0 aliphatic carbocycles. The molecule has 4 nitrogen and oxygen atoms in total. The van der Waals surface area contributed by atoms with Crippen molar-refractivity contribution in [2.24, 2.45) is 5.92 Å². The maximum absolute atomic E-state index is 13.6. The summed E-state index contributed by atoms with van der Waals surface area (Å²) in [6.45, 7) is 1.66. The second-order valence-corrected chi connectivity index (χ2v) is 7.26. The van der Waals surface area contributed by atoms with Crippen LogP contribution in [0.1, 0.15) is 28.4 Å². The first-order valence-corrected chi connectivity index (χ1v) is 9.40. The minimum absolute atomic E-state index is 0.0994. The Morgan fingerprint density at radius 2 is 1.72 bits per heavy atom. The fourth-order valence-electron chi connectivity index (χ4n) is 3.90. The van der Waals surface area contributed by atoms with E-state index >= 15 is 0 Å².